The van der Waals surface area contributed by atoms with Crippen molar-refractivity contribution < 1.29 is 9.72 Å². The van der Waals surface area contributed by atoms with Crippen LogP contribution in [0.25, 0.3) is 0 Å². The van der Waals surface area contributed by atoms with E-state index in [-0.39, 0.29) is 22.4 Å². The van der Waals surface area contributed by atoms with Gasteiger partial charge in [0, 0.05) is 11.6 Å². The molecule has 0 aromatic heterocycles. The minimum Gasteiger partial charge on any atom is -0.327 e. The Balaban J connectivity index is 2.14. The number of nitrogens with zero attached hydrogens (tertiary/aromatic N) is 1. The fourth-order valence-corrected chi connectivity index (χ4v) is 2.49. The molecule has 0 aliphatic heterocycles. The Bertz CT molecular complexity index is 834. The van der Waals surface area contributed by atoms with Gasteiger partial charge in [0.15, 0.2) is 5.11 Å². The average Bonchev–Trinajstić information content (AvgIpc) is 2.48. The Morgan fingerprint density at radius 3 is 2.33 bits per heavy atom. The van der Waals surface area contributed by atoms with Crippen LogP contribution in [0.15, 0.2) is 36.4 Å². The molecule has 0 saturated heterocycles. The van der Waals surface area contributed by atoms with E-state index in [1.165, 1.54) is 6.07 Å². The first-order valence-electron chi connectivity index (χ1n) is 7.22. The van der Waals surface area contributed by atoms with Gasteiger partial charge in [0.1, 0.15) is 5.69 Å². The molecule has 24 heavy (non-hydrogen) atoms. The molecule has 2 N–H and O–H groups in total. The number of thiocarbonyl (C=S) groups is 1. The molecular weight excluding hydrogens is 326 g/mol. The van der Waals surface area contributed by atoms with Crippen LogP contribution in [-0.2, 0) is 0 Å². The summed E-state index contributed by atoms with van der Waals surface area (Å²) in [6.45, 7) is 5.54. The zero-order valence-corrected chi connectivity index (χ0v) is 14.4. The van der Waals surface area contributed by atoms with E-state index in [0.717, 1.165) is 16.7 Å². The molecule has 2 aromatic rings. The van der Waals surface area contributed by atoms with Crippen LogP contribution in [0.1, 0.15) is 27.0 Å². The monoisotopic (exact) mass is 343 g/mol. The minimum atomic E-state index is -0.496. The number of carbonyl (C=O) groups is 1. The number of hydrogen-bond donors (Lipinski definition) is 2. The van der Waals surface area contributed by atoms with Crippen molar-refractivity contribution in [2.45, 2.75) is 20.8 Å². The van der Waals surface area contributed by atoms with Crippen molar-refractivity contribution in [3.05, 3.63) is 68.8 Å². The van der Waals surface area contributed by atoms with Crippen LogP contribution in [0.3, 0.4) is 0 Å². The lowest BCUT2D eigenvalue weighted by Gasteiger charge is -2.11. The van der Waals surface area contributed by atoms with Gasteiger partial charge in [-0.15, -0.1) is 0 Å². The quantitative estimate of drug-likeness (QED) is 0.505. The van der Waals surface area contributed by atoms with Crippen LogP contribution in [0, 0.1) is 30.9 Å². The standard InChI is InChI=1S/C17H17N3O3S/c1-10-4-6-13(12(3)8-10)16(21)19-17(24)18-14-7-5-11(2)9-15(14)20(22)23/h4-9H,1-3H3,(H2,18,19,21,24). The van der Waals surface area contributed by atoms with Gasteiger partial charge in [-0.3, -0.25) is 20.2 Å². The lowest BCUT2D eigenvalue weighted by Crippen LogP contribution is -2.34. The summed E-state index contributed by atoms with van der Waals surface area (Å²) in [6, 6.07) is 10.2. The van der Waals surface area contributed by atoms with Crippen LogP contribution in [-0.4, -0.2) is 15.9 Å². The highest BCUT2D eigenvalue weighted by atomic mass is 32.1. The number of rotatable bonds is 3. The number of hydrogen-bond acceptors (Lipinski definition) is 4. The highest BCUT2D eigenvalue weighted by Crippen LogP contribution is 2.25. The van der Waals surface area contributed by atoms with E-state index in [4.69, 9.17) is 12.2 Å². The summed E-state index contributed by atoms with van der Waals surface area (Å²) < 4.78 is 0. The SMILES string of the molecule is Cc1ccc(C(=O)NC(=S)Nc2ccc(C)cc2[N+](=O)[O-])c(C)c1. The average molecular weight is 343 g/mol. The van der Waals surface area contributed by atoms with E-state index in [2.05, 4.69) is 10.6 Å². The predicted molar refractivity (Wildman–Crippen MR) is 97.4 cm³/mol. The molecule has 2 aromatic carbocycles. The zero-order valence-electron chi connectivity index (χ0n) is 13.5. The molecule has 0 saturated carbocycles. The van der Waals surface area contributed by atoms with E-state index in [9.17, 15) is 14.9 Å². The van der Waals surface area contributed by atoms with Crippen LogP contribution in [0.4, 0.5) is 11.4 Å². The third-order valence-corrected chi connectivity index (χ3v) is 3.66. The molecule has 2 rings (SSSR count). The summed E-state index contributed by atoms with van der Waals surface area (Å²) >= 11 is 5.09. The maximum atomic E-state index is 12.3. The second-order valence-electron chi connectivity index (χ2n) is 5.50. The third-order valence-electron chi connectivity index (χ3n) is 3.45. The first-order chi connectivity index (χ1) is 11.3. The molecule has 0 heterocycles. The summed E-state index contributed by atoms with van der Waals surface area (Å²) in [5.41, 5.74) is 3.28. The maximum Gasteiger partial charge on any atom is 0.292 e. The molecule has 0 spiro atoms. The molecule has 0 atom stereocenters. The van der Waals surface area contributed by atoms with Crippen molar-refractivity contribution in [1.29, 1.82) is 0 Å². The van der Waals surface area contributed by atoms with E-state index < -0.39 is 4.92 Å². The molecule has 0 aliphatic carbocycles. The summed E-state index contributed by atoms with van der Waals surface area (Å²) in [5, 5.41) is 16.4. The van der Waals surface area contributed by atoms with Crippen molar-refractivity contribution in [1.82, 2.24) is 5.32 Å². The lowest BCUT2D eigenvalue weighted by atomic mass is 10.1. The number of nitro groups is 1. The number of nitro benzene ring substituents is 1. The fourth-order valence-electron chi connectivity index (χ4n) is 2.29. The van der Waals surface area contributed by atoms with Gasteiger partial charge < -0.3 is 5.32 Å². The second-order valence-corrected chi connectivity index (χ2v) is 5.91. The number of carbonyl (C=O) groups excluding carboxylic acids is 1. The topological polar surface area (TPSA) is 84.3 Å². The Kier molecular flexibility index (Phi) is 5.25. The molecule has 0 unspecified atom stereocenters. The van der Waals surface area contributed by atoms with E-state index in [1.807, 2.05) is 26.0 Å². The molecular formula is C17H17N3O3S. The molecule has 6 nitrogen and oxygen atoms in total. The summed E-state index contributed by atoms with van der Waals surface area (Å²) in [5.74, 6) is -0.361. The fraction of sp³-hybridized carbons (Fsp3) is 0.176. The molecule has 0 bridgehead atoms. The van der Waals surface area contributed by atoms with Crippen molar-refractivity contribution in [3.63, 3.8) is 0 Å². The molecule has 0 radical (unpaired) electrons. The lowest BCUT2D eigenvalue weighted by molar-refractivity contribution is -0.383. The van der Waals surface area contributed by atoms with Gasteiger partial charge in [-0.2, -0.15) is 0 Å². The van der Waals surface area contributed by atoms with E-state index >= 15 is 0 Å². The van der Waals surface area contributed by atoms with Gasteiger partial charge in [-0.1, -0.05) is 23.8 Å². The van der Waals surface area contributed by atoms with Gasteiger partial charge in [0.25, 0.3) is 11.6 Å². The van der Waals surface area contributed by atoms with Gasteiger partial charge in [0.05, 0.1) is 4.92 Å². The predicted octanol–water partition coefficient (Wildman–Crippen LogP) is 3.65. The first-order valence-corrected chi connectivity index (χ1v) is 7.63. The van der Waals surface area contributed by atoms with Crippen molar-refractivity contribution in [2.24, 2.45) is 0 Å². The van der Waals surface area contributed by atoms with Gasteiger partial charge in [-0.05, 0) is 56.2 Å². The summed E-state index contributed by atoms with van der Waals surface area (Å²) in [7, 11) is 0. The third kappa shape index (κ3) is 4.14. The van der Waals surface area contributed by atoms with Crippen molar-refractivity contribution in [3.8, 4) is 0 Å². The number of anilines is 1. The number of benzene rings is 2. The van der Waals surface area contributed by atoms with E-state index in [0.29, 0.717) is 5.56 Å². The highest BCUT2D eigenvalue weighted by Gasteiger charge is 2.16. The van der Waals surface area contributed by atoms with Gasteiger partial charge >= 0.3 is 0 Å². The van der Waals surface area contributed by atoms with Crippen LogP contribution >= 0.6 is 12.2 Å². The largest absolute Gasteiger partial charge is 0.327 e. The molecule has 124 valence electrons. The van der Waals surface area contributed by atoms with Crippen LogP contribution in [0.2, 0.25) is 0 Å². The van der Waals surface area contributed by atoms with E-state index in [1.54, 1.807) is 25.1 Å². The highest BCUT2D eigenvalue weighted by molar-refractivity contribution is 7.80. The molecule has 1 amide bonds. The van der Waals surface area contributed by atoms with Crippen LogP contribution in [0.5, 0.6) is 0 Å². The second kappa shape index (κ2) is 7.18. The number of amides is 1. The molecule has 7 heteroatoms. The first kappa shape index (κ1) is 17.6. The van der Waals surface area contributed by atoms with Gasteiger partial charge in [0.2, 0.25) is 0 Å². The van der Waals surface area contributed by atoms with Gasteiger partial charge in [-0.25, -0.2) is 0 Å². The smallest absolute Gasteiger partial charge is 0.292 e. The Morgan fingerprint density at radius 2 is 1.71 bits per heavy atom. The Labute approximate surface area is 145 Å². The Morgan fingerprint density at radius 1 is 1.08 bits per heavy atom. The molecule has 0 fully saturated rings. The minimum absolute atomic E-state index is 0.00641. The zero-order chi connectivity index (χ0) is 17.9. The number of aryl methyl sites for hydroxylation is 3. The van der Waals surface area contributed by atoms with Crippen molar-refractivity contribution in [2.75, 3.05) is 5.32 Å². The summed E-state index contributed by atoms with van der Waals surface area (Å²) in [6.07, 6.45) is 0. The number of nitrogens with one attached hydrogen (secondary N) is 2. The van der Waals surface area contributed by atoms with Crippen molar-refractivity contribution >= 4 is 34.6 Å². The van der Waals surface area contributed by atoms with Crippen LogP contribution < -0.4 is 10.6 Å². The maximum absolute atomic E-state index is 12.3. The molecule has 0 aliphatic rings. The normalized spacial score (nSPS) is 10.1. The summed E-state index contributed by atoms with van der Waals surface area (Å²) in [4.78, 5) is 22.9. The Hall–Kier alpha value is -2.80.